The van der Waals surface area contributed by atoms with Gasteiger partial charge in [-0.2, -0.15) is 0 Å². The fourth-order valence-corrected chi connectivity index (χ4v) is 2.32. The largest absolute Gasteiger partial charge is 0.387 e. The summed E-state index contributed by atoms with van der Waals surface area (Å²) < 4.78 is 1.21. The van der Waals surface area contributed by atoms with Crippen molar-refractivity contribution in [3.63, 3.8) is 0 Å². The van der Waals surface area contributed by atoms with E-state index in [0.29, 0.717) is 0 Å². The molecule has 18 heavy (non-hydrogen) atoms. The Balaban J connectivity index is 0.00000289. The van der Waals surface area contributed by atoms with Gasteiger partial charge in [0.15, 0.2) is 0 Å². The van der Waals surface area contributed by atoms with Gasteiger partial charge in [0.05, 0.1) is 6.10 Å². The van der Waals surface area contributed by atoms with E-state index in [4.69, 9.17) is 0 Å². The van der Waals surface area contributed by atoms with Gasteiger partial charge in [-0.3, -0.25) is 0 Å². The Morgan fingerprint density at radius 2 is 1.61 bits per heavy atom. The lowest BCUT2D eigenvalue weighted by molar-refractivity contribution is 0.113. The van der Waals surface area contributed by atoms with E-state index >= 15 is 0 Å². The number of benzene rings is 1. The zero-order chi connectivity index (χ0) is 12.7. The molecule has 1 aromatic carbocycles. The Bertz CT molecular complexity index is 312. The second-order valence-corrected chi connectivity index (χ2v) is 5.61. The van der Waals surface area contributed by atoms with Crippen LogP contribution in [-0.4, -0.2) is 29.6 Å². The van der Waals surface area contributed by atoms with Gasteiger partial charge in [-0.1, -0.05) is 26.0 Å². The molecule has 104 valence electrons. The molecule has 1 aromatic rings. The molecule has 0 fully saturated rings. The van der Waals surface area contributed by atoms with E-state index < -0.39 is 0 Å². The molecule has 0 aromatic heterocycles. The van der Waals surface area contributed by atoms with Crippen LogP contribution >= 0.6 is 35.0 Å². The van der Waals surface area contributed by atoms with Gasteiger partial charge in [-0.25, -0.2) is 0 Å². The smallest absolute Gasteiger partial charge is 0.0916 e. The number of halogens is 2. The van der Waals surface area contributed by atoms with E-state index in [2.05, 4.69) is 41.3 Å². The molecule has 0 spiro atoms. The van der Waals surface area contributed by atoms with E-state index in [1.54, 1.807) is 0 Å². The third kappa shape index (κ3) is 6.36. The molecule has 0 aliphatic carbocycles. The Morgan fingerprint density at radius 3 is 2.06 bits per heavy atom. The molecule has 1 rings (SSSR count). The van der Waals surface area contributed by atoms with Crippen LogP contribution in [0.5, 0.6) is 0 Å². The molecule has 0 amide bonds. The fraction of sp³-hybridized carbons (Fsp3) is 0.571. The summed E-state index contributed by atoms with van der Waals surface area (Å²) in [6.45, 7) is 7.23. The van der Waals surface area contributed by atoms with Gasteiger partial charge in [0.25, 0.3) is 0 Å². The molecular formula is C14H23ClINO. The Labute approximate surface area is 130 Å². The van der Waals surface area contributed by atoms with Crippen LogP contribution in [0.15, 0.2) is 24.3 Å². The van der Waals surface area contributed by atoms with Crippen molar-refractivity contribution in [3.05, 3.63) is 33.4 Å². The number of hydrogen-bond donors (Lipinski definition) is 1. The van der Waals surface area contributed by atoms with Crippen LogP contribution in [0.25, 0.3) is 0 Å². The van der Waals surface area contributed by atoms with Gasteiger partial charge in [0, 0.05) is 10.1 Å². The fourth-order valence-electron chi connectivity index (χ4n) is 1.96. The lowest BCUT2D eigenvalue weighted by Gasteiger charge is -2.24. The molecule has 4 heteroatoms. The van der Waals surface area contributed by atoms with Crippen molar-refractivity contribution >= 4 is 35.0 Å². The summed E-state index contributed by atoms with van der Waals surface area (Å²) >= 11 is 2.28. The number of nitrogens with zero attached hydrogens (tertiary/aromatic N) is 1. The van der Waals surface area contributed by atoms with Gasteiger partial charge < -0.3 is 10.0 Å². The first-order chi connectivity index (χ1) is 8.17. The molecule has 0 bridgehead atoms. The summed E-state index contributed by atoms with van der Waals surface area (Å²) in [5.74, 6) is 0. The minimum atomic E-state index is -0.370. The molecule has 1 atom stereocenters. The quantitative estimate of drug-likeness (QED) is 0.723. The van der Waals surface area contributed by atoms with Crippen molar-refractivity contribution in [2.24, 2.45) is 0 Å². The van der Waals surface area contributed by atoms with Crippen molar-refractivity contribution in [1.29, 1.82) is 0 Å². The average molecular weight is 384 g/mol. The summed E-state index contributed by atoms with van der Waals surface area (Å²) in [5, 5.41) is 10.2. The van der Waals surface area contributed by atoms with Crippen LogP contribution in [-0.2, 0) is 0 Å². The van der Waals surface area contributed by atoms with E-state index in [1.165, 1.54) is 3.57 Å². The van der Waals surface area contributed by atoms with E-state index in [0.717, 1.165) is 38.0 Å². The Hall–Kier alpha value is 0.160. The number of aliphatic hydroxyl groups excluding tert-OH is 1. The maximum atomic E-state index is 10.2. The summed E-state index contributed by atoms with van der Waals surface area (Å²) in [7, 11) is 0. The molecule has 0 aliphatic heterocycles. The Morgan fingerprint density at radius 1 is 1.11 bits per heavy atom. The monoisotopic (exact) mass is 383 g/mol. The average Bonchev–Trinajstić information content (AvgIpc) is 2.30. The maximum Gasteiger partial charge on any atom is 0.0916 e. The van der Waals surface area contributed by atoms with Gasteiger partial charge in [0.2, 0.25) is 0 Å². The molecule has 1 unspecified atom stereocenters. The SMILES string of the molecule is CCCN(CCC)CC(O)c1ccc(I)cc1.Cl. The second-order valence-electron chi connectivity index (χ2n) is 4.37. The van der Waals surface area contributed by atoms with Crippen LogP contribution < -0.4 is 0 Å². The predicted molar refractivity (Wildman–Crippen MR) is 88.4 cm³/mol. The first-order valence-electron chi connectivity index (χ1n) is 6.33. The van der Waals surface area contributed by atoms with E-state index in [-0.39, 0.29) is 18.5 Å². The molecule has 0 saturated heterocycles. The molecule has 0 heterocycles. The van der Waals surface area contributed by atoms with Crippen molar-refractivity contribution in [2.45, 2.75) is 32.8 Å². The molecule has 1 N–H and O–H groups in total. The van der Waals surface area contributed by atoms with Gasteiger partial charge in [-0.05, 0) is 66.2 Å². The van der Waals surface area contributed by atoms with E-state index in [9.17, 15) is 5.11 Å². The van der Waals surface area contributed by atoms with Crippen molar-refractivity contribution in [3.8, 4) is 0 Å². The summed E-state index contributed by atoms with van der Waals surface area (Å²) in [6.07, 6.45) is 1.91. The summed E-state index contributed by atoms with van der Waals surface area (Å²) in [4.78, 5) is 2.34. The first-order valence-corrected chi connectivity index (χ1v) is 7.41. The zero-order valence-electron chi connectivity index (χ0n) is 11.1. The van der Waals surface area contributed by atoms with Crippen LogP contribution in [0.4, 0.5) is 0 Å². The maximum absolute atomic E-state index is 10.2. The molecule has 0 saturated carbocycles. The topological polar surface area (TPSA) is 23.5 Å². The van der Waals surface area contributed by atoms with Crippen molar-refractivity contribution < 1.29 is 5.11 Å². The molecule has 0 radical (unpaired) electrons. The summed E-state index contributed by atoms with van der Waals surface area (Å²) in [5.41, 5.74) is 1.02. The van der Waals surface area contributed by atoms with Gasteiger partial charge in [-0.15, -0.1) is 12.4 Å². The highest BCUT2D eigenvalue weighted by molar-refractivity contribution is 14.1. The highest BCUT2D eigenvalue weighted by atomic mass is 127. The highest BCUT2D eigenvalue weighted by Gasteiger charge is 2.12. The van der Waals surface area contributed by atoms with Crippen LogP contribution in [0.3, 0.4) is 0 Å². The predicted octanol–water partition coefficient (Wildman–Crippen LogP) is 3.87. The lowest BCUT2D eigenvalue weighted by Crippen LogP contribution is -2.30. The van der Waals surface area contributed by atoms with Crippen LogP contribution in [0.2, 0.25) is 0 Å². The number of aliphatic hydroxyl groups is 1. The first kappa shape index (κ1) is 18.2. The van der Waals surface area contributed by atoms with E-state index in [1.807, 2.05) is 24.3 Å². The third-order valence-electron chi connectivity index (χ3n) is 2.77. The zero-order valence-corrected chi connectivity index (χ0v) is 14.1. The minimum absolute atomic E-state index is 0. The van der Waals surface area contributed by atoms with Crippen molar-refractivity contribution in [2.75, 3.05) is 19.6 Å². The summed E-state index contributed by atoms with van der Waals surface area (Å²) in [6, 6.07) is 8.12. The van der Waals surface area contributed by atoms with Gasteiger partial charge >= 0.3 is 0 Å². The third-order valence-corrected chi connectivity index (χ3v) is 3.48. The number of hydrogen-bond acceptors (Lipinski definition) is 2. The van der Waals surface area contributed by atoms with Crippen molar-refractivity contribution in [1.82, 2.24) is 4.90 Å². The standard InChI is InChI=1S/C14H22INO.ClH/c1-3-9-16(10-4-2)11-14(17)12-5-7-13(15)8-6-12;/h5-8,14,17H,3-4,9-11H2,1-2H3;1H. The second kappa shape index (κ2) is 10.0. The lowest BCUT2D eigenvalue weighted by atomic mass is 10.1. The molecule has 0 aliphatic rings. The van der Waals surface area contributed by atoms with Gasteiger partial charge in [0.1, 0.15) is 0 Å². The van der Waals surface area contributed by atoms with Crippen LogP contribution in [0, 0.1) is 3.57 Å². The Kier molecular flexibility index (Phi) is 10.1. The number of rotatable bonds is 7. The highest BCUT2D eigenvalue weighted by Crippen LogP contribution is 2.16. The molecular weight excluding hydrogens is 361 g/mol. The molecule has 2 nitrogen and oxygen atoms in total. The minimum Gasteiger partial charge on any atom is -0.387 e. The normalized spacial score (nSPS) is 12.3. The van der Waals surface area contributed by atoms with Crippen LogP contribution in [0.1, 0.15) is 38.4 Å².